The number of benzene rings is 1. The fourth-order valence-electron chi connectivity index (χ4n) is 1.72. The maximum absolute atomic E-state index is 12.9. The van der Waals surface area contributed by atoms with Gasteiger partial charge in [0.15, 0.2) is 0 Å². The van der Waals surface area contributed by atoms with Crippen LogP contribution < -0.4 is 0 Å². The summed E-state index contributed by atoms with van der Waals surface area (Å²) in [6, 6.07) is 4.64. The van der Waals surface area contributed by atoms with Crippen molar-refractivity contribution in [2.24, 2.45) is 5.16 Å². The number of oxime groups is 1. The number of rotatable bonds is 0. The van der Waals surface area contributed by atoms with Crippen LogP contribution in [0.1, 0.15) is 24.0 Å². The van der Waals surface area contributed by atoms with Crippen LogP contribution in [-0.4, -0.2) is 10.9 Å². The van der Waals surface area contributed by atoms with Crippen LogP contribution in [0, 0.1) is 5.82 Å². The first-order valence-corrected chi connectivity index (χ1v) is 4.31. The first kappa shape index (κ1) is 8.23. The Balaban J connectivity index is 2.54. The van der Waals surface area contributed by atoms with Crippen molar-refractivity contribution in [1.29, 1.82) is 0 Å². The molecular formula is C10H10FNO. The molecule has 3 heteroatoms. The summed E-state index contributed by atoms with van der Waals surface area (Å²) < 4.78 is 12.9. The molecule has 68 valence electrons. The van der Waals surface area contributed by atoms with Gasteiger partial charge in [0.1, 0.15) is 5.82 Å². The Hall–Kier alpha value is -1.38. The molecular weight excluding hydrogens is 169 g/mol. The monoisotopic (exact) mass is 179 g/mol. The number of hydrogen-bond acceptors (Lipinski definition) is 2. The van der Waals surface area contributed by atoms with Crippen LogP contribution in [-0.2, 0) is 6.42 Å². The summed E-state index contributed by atoms with van der Waals surface area (Å²) in [6.45, 7) is 0. The maximum Gasteiger partial charge on any atom is 0.123 e. The first-order valence-electron chi connectivity index (χ1n) is 4.31. The summed E-state index contributed by atoms with van der Waals surface area (Å²) in [5, 5.41) is 11.9. The van der Waals surface area contributed by atoms with Gasteiger partial charge in [0.2, 0.25) is 0 Å². The van der Waals surface area contributed by atoms with E-state index in [0.29, 0.717) is 5.71 Å². The van der Waals surface area contributed by atoms with Crippen LogP contribution in [0.4, 0.5) is 4.39 Å². The van der Waals surface area contributed by atoms with Gasteiger partial charge in [-0.15, -0.1) is 0 Å². The van der Waals surface area contributed by atoms with E-state index in [-0.39, 0.29) is 5.82 Å². The smallest absolute Gasteiger partial charge is 0.123 e. The maximum atomic E-state index is 12.9. The molecule has 2 rings (SSSR count). The molecule has 0 bridgehead atoms. The van der Waals surface area contributed by atoms with Crippen molar-refractivity contribution in [3.8, 4) is 0 Å². The van der Waals surface area contributed by atoms with Crippen molar-refractivity contribution < 1.29 is 9.60 Å². The second-order valence-electron chi connectivity index (χ2n) is 3.20. The molecule has 13 heavy (non-hydrogen) atoms. The van der Waals surface area contributed by atoms with E-state index < -0.39 is 0 Å². The second kappa shape index (κ2) is 3.17. The molecule has 0 saturated carbocycles. The van der Waals surface area contributed by atoms with E-state index in [2.05, 4.69) is 5.16 Å². The fourth-order valence-corrected chi connectivity index (χ4v) is 1.72. The molecule has 1 aromatic carbocycles. The molecule has 0 radical (unpaired) electrons. The number of aryl methyl sites for hydroxylation is 1. The van der Waals surface area contributed by atoms with Crippen LogP contribution in [0.25, 0.3) is 0 Å². The number of fused-ring (bicyclic) bond motifs is 1. The number of nitrogens with zero attached hydrogens (tertiary/aromatic N) is 1. The quantitative estimate of drug-likeness (QED) is 0.481. The lowest BCUT2D eigenvalue weighted by Gasteiger charge is -2.16. The van der Waals surface area contributed by atoms with Crippen LogP contribution >= 0.6 is 0 Å². The van der Waals surface area contributed by atoms with Gasteiger partial charge in [-0.3, -0.25) is 0 Å². The van der Waals surface area contributed by atoms with Gasteiger partial charge in [-0.2, -0.15) is 0 Å². The minimum absolute atomic E-state index is 0.276. The highest BCUT2D eigenvalue weighted by molar-refractivity contribution is 6.02. The van der Waals surface area contributed by atoms with E-state index in [1.807, 2.05) is 0 Å². The van der Waals surface area contributed by atoms with E-state index >= 15 is 0 Å². The van der Waals surface area contributed by atoms with Gasteiger partial charge in [-0.25, -0.2) is 4.39 Å². The van der Waals surface area contributed by atoms with Crippen LogP contribution in [0.3, 0.4) is 0 Å². The van der Waals surface area contributed by atoms with Gasteiger partial charge >= 0.3 is 0 Å². The normalized spacial score (nSPS) is 18.7. The third-order valence-corrected chi connectivity index (χ3v) is 2.36. The minimum Gasteiger partial charge on any atom is -0.411 e. The van der Waals surface area contributed by atoms with Gasteiger partial charge < -0.3 is 5.21 Å². The lowest BCUT2D eigenvalue weighted by atomic mass is 9.90. The van der Waals surface area contributed by atoms with Gasteiger partial charge in [-0.05, 0) is 37.0 Å². The van der Waals surface area contributed by atoms with Crippen molar-refractivity contribution >= 4 is 5.71 Å². The van der Waals surface area contributed by atoms with Crippen LogP contribution in [0.15, 0.2) is 23.4 Å². The van der Waals surface area contributed by atoms with Crippen LogP contribution in [0.5, 0.6) is 0 Å². The first-order chi connectivity index (χ1) is 6.31. The molecule has 1 aromatic rings. The highest BCUT2D eigenvalue weighted by Crippen LogP contribution is 2.22. The molecule has 0 fully saturated rings. The average Bonchev–Trinajstić information content (AvgIpc) is 2.17. The van der Waals surface area contributed by atoms with Crippen molar-refractivity contribution in [3.63, 3.8) is 0 Å². The summed E-state index contributed by atoms with van der Waals surface area (Å²) in [5.41, 5.74) is 2.43. The van der Waals surface area contributed by atoms with E-state index in [9.17, 15) is 4.39 Å². The number of halogens is 1. The Morgan fingerprint density at radius 1 is 1.31 bits per heavy atom. The van der Waals surface area contributed by atoms with Crippen molar-refractivity contribution in [2.45, 2.75) is 19.3 Å². The molecule has 1 N–H and O–H groups in total. The third-order valence-electron chi connectivity index (χ3n) is 2.36. The predicted molar refractivity (Wildman–Crippen MR) is 47.7 cm³/mol. The van der Waals surface area contributed by atoms with Gasteiger partial charge in [0.05, 0.1) is 5.71 Å². The van der Waals surface area contributed by atoms with Crippen molar-refractivity contribution in [3.05, 3.63) is 35.1 Å². The Labute approximate surface area is 75.7 Å². The van der Waals surface area contributed by atoms with Crippen molar-refractivity contribution in [1.82, 2.24) is 0 Å². The summed E-state index contributed by atoms with van der Waals surface area (Å²) in [5.74, 6) is -0.276. The highest BCUT2D eigenvalue weighted by Gasteiger charge is 2.16. The lowest BCUT2D eigenvalue weighted by molar-refractivity contribution is 0.317. The summed E-state index contributed by atoms with van der Waals surface area (Å²) >= 11 is 0. The Morgan fingerprint density at radius 2 is 2.15 bits per heavy atom. The van der Waals surface area contributed by atoms with Crippen LogP contribution in [0.2, 0.25) is 0 Å². The van der Waals surface area contributed by atoms with E-state index in [0.717, 1.165) is 30.4 Å². The lowest BCUT2D eigenvalue weighted by Crippen LogP contribution is -2.12. The molecule has 1 aliphatic carbocycles. The van der Waals surface area contributed by atoms with Gasteiger partial charge in [0.25, 0.3) is 0 Å². The molecule has 0 spiro atoms. The molecule has 0 atom stereocenters. The van der Waals surface area contributed by atoms with E-state index in [1.165, 1.54) is 12.1 Å². The van der Waals surface area contributed by atoms with E-state index in [4.69, 9.17) is 5.21 Å². The zero-order chi connectivity index (χ0) is 9.26. The molecule has 0 saturated heterocycles. The Kier molecular flexibility index (Phi) is 2.00. The topological polar surface area (TPSA) is 32.6 Å². The standard InChI is InChI=1S/C10H10FNO/c11-8-5-4-7-2-1-3-10(12-13)9(7)6-8/h4-6,13H,1-3H2/b12-10+. The molecule has 0 amide bonds. The van der Waals surface area contributed by atoms with Crippen molar-refractivity contribution in [2.75, 3.05) is 0 Å². The average molecular weight is 179 g/mol. The third kappa shape index (κ3) is 1.41. The zero-order valence-electron chi connectivity index (χ0n) is 7.13. The molecule has 0 aromatic heterocycles. The second-order valence-corrected chi connectivity index (χ2v) is 3.20. The Bertz CT molecular complexity index is 360. The van der Waals surface area contributed by atoms with Gasteiger partial charge in [0, 0.05) is 5.56 Å². The molecule has 0 heterocycles. The highest BCUT2D eigenvalue weighted by atomic mass is 19.1. The van der Waals surface area contributed by atoms with Gasteiger partial charge in [-0.1, -0.05) is 11.2 Å². The fraction of sp³-hybridized carbons (Fsp3) is 0.300. The van der Waals surface area contributed by atoms with E-state index in [1.54, 1.807) is 6.07 Å². The predicted octanol–water partition coefficient (Wildman–Crippen LogP) is 2.34. The molecule has 0 unspecified atom stereocenters. The SMILES string of the molecule is O/N=C1\CCCc2ccc(F)cc21. The number of hydrogen-bond donors (Lipinski definition) is 1. The summed E-state index contributed by atoms with van der Waals surface area (Å²) in [7, 11) is 0. The summed E-state index contributed by atoms with van der Waals surface area (Å²) in [6.07, 6.45) is 2.64. The largest absolute Gasteiger partial charge is 0.411 e. The molecule has 0 aliphatic heterocycles. The molecule has 1 aliphatic rings. The summed E-state index contributed by atoms with van der Waals surface area (Å²) in [4.78, 5) is 0. The minimum atomic E-state index is -0.276. The molecule has 2 nitrogen and oxygen atoms in total. The Morgan fingerprint density at radius 3 is 2.92 bits per heavy atom. The zero-order valence-corrected chi connectivity index (χ0v) is 7.13.